The molecule has 0 amide bonds. The third-order valence-corrected chi connectivity index (χ3v) is 1.34. The van der Waals surface area contributed by atoms with E-state index in [4.69, 9.17) is 5.11 Å². The maximum atomic E-state index is 8.85. The minimum Gasteiger partial charge on any atom is -1.00 e. The van der Waals surface area contributed by atoms with Crippen LogP contribution in [0.3, 0.4) is 0 Å². The van der Waals surface area contributed by atoms with Gasteiger partial charge in [-0.3, -0.25) is 0 Å². The molecule has 0 aliphatic heterocycles. The summed E-state index contributed by atoms with van der Waals surface area (Å²) in [5, 5.41) is 8.85. The van der Waals surface area contributed by atoms with E-state index in [0.717, 1.165) is 6.42 Å². The first-order valence-corrected chi connectivity index (χ1v) is 3.11. The summed E-state index contributed by atoms with van der Waals surface area (Å²) in [6.45, 7) is 2.09. The van der Waals surface area contributed by atoms with Crippen LogP contribution in [0.2, 0.25) is 0 Å². The first-order valence-electron chi connectivity index (χ1n) is 3.11. The number of hydrogen-bond donors (Lipinski definition) is 1. The Bertz CT molecular complexity index is 186. The third kappa shape index (κ3) is 2.74. The van der Waals surface area contributed by atoms with Crippen LogP contribution in [-0.4, -0.2) is 5.11 Å². The molecular formula is C8H11NaO. The van der Waals surface area contributed by atoms with E-state index in [2.05, 4.69) is 6.92 Å². The first kappa shape index (κ1) is 10.0. The Labute approximate surface area is 84.9 Å². The molecule has 0 fully saturated rings. The van der Waals surface area contributed by atoms with Crippen molar-refractivity contribution in [2.45, 2.75) is 13.3 Å². The van der Waals surface area contributed by atoms with E-state index < -0.39 is 0 Å². The predicted molar refractivity (Wildman–Crippen MR) is 38.6 cm³/mol. The molecule has 0 aliphatic carbocycles. The molecular weight excluding hydrogens is 135 g/mol. The molecule has 50 valence electrons. The summed E-state index contributed by atoms with van der Waals surface area (Å²) in [5.74, 6) is 0.340. The van der Waals surface area contributed by atoms with Gasteiger partial charge in [-0.05, 0) is 24.1 Å². The summed E-state index contributed by atoms with van der Waals surface area (Å²) in [7, 11) is 0. The molecule has 0 aromatic heterocycles. The molecule has 0 spiro atoms. The van der Waals surface area contributed by atoms with Gasteiger partial charge in [0.15, 0.2) is 0 Å². The SMILES string of the molecule is CCc1ccc(O)cc1.[H-].[Na+]. The van der Waals surface area contributed by atoms with E-state index in [-0.39, 0.29) is 31.0 Å². The summed E-state index contributed by atoms with van der Waals surface area (Å²) in [6.07, 6.45) is 1.03. The van der Waals surface area contributed by atoms with Gasteiger partial charge >= 0.3 is 29.6 Å². The minimum absolute atomic E-state index is 0. The monoisotopic (exact) mass is 146 g/mol. The van der Waals surface area contributed by atoms with Crippen molar-refractivity contribution in [1.82, 2.24) is 0 Å². The van der Waals surface area contributed by atoms with Gasteiger partial charge < -0.3 is 6.53 Å². The molecule has 0 aliphatic rings. The molecule has 1 aromatic rings. The van der Waals surface area contributed by atoms with Crippen LogP contribution in [0.25, 0.3) is 0 Å². The zero-order valence-corrected chi connectivity index (χ0v) is 8.46. The van der Waals surface area contributed by atoms with Crippen LogP contribution in [0.15, 0.2) is 24.3 Å². The maximum Gasteiger partial charge on any atom is 1.00 e. The largest absolute Gasteiger partial charge is 1.00 e. The van der Waals surface area contributed by atoms with Crippen LogP contribution in [0.1, 0.15) is 13.9 Å². The fourth-order valence-electron chi connectivity index (χ4n) is 0.732. The Morgan fingerprint density at radius 2 is 1.80 bits per heavy atom. The van der Waals surface area contributed by atoms with Gasteiger partial charge in [-0.2, -0.15) is 0 Å². The fourth-order valence-corrected chi connectivity index (χ4v) is 0.732. The zero-order valence-electron chi connectivity index (χ0n) is 7.46. The van der Waals surface area contributed by atoms with Crippen molar-refractivity contribution in [1.29, 1.82) is 0 Å². The Morgan fingerprint density at radius 1 is 1.30 bits per heavy atom. The zero-order chi connectivity index (χ0) is 6.69. The van der Waals surface area contributed by atoms with E-state index in [1.807, 2.05) is 12.1 Å². The first-order chi connectivity index (χ1) is 4.33. The van der Waals surface area contributed by atoms with Crippen molar-refractivity contribution in [3.05, 3.63) is 29.8 Å². The molecule has 0 saturated carbocycles. The van der Waals surface area contributed by atoms with Gasteiger partial charge in [-0.1, -0.05) is 19.1 Å². The average molecular weight is 146 g/mol. The number of phenolic OH excluding ortho intramolecular Hbond substituents is 1. The van der Waals surface area contributed by atoms with Crippen molar-refractivity contribution in [3.8, 4) is 5.75 Å². The molecule has 1 aromatic carbocycles. The van der Waals surface area contributed by atoms with Crippen molar-refractivity contribution in [2.24, 2.45) is 0 Å². The molecule has 0 radical (unpaired) electrons. The van der Waals surface area contributed by atoms with Crippen molar-refractivity contribution < 1.29 is 36.1 Å². The van der Waals surface area contributed by atoms with Gasteiger partial charge in [0, 0.05) is 0 Å². The number of rotatable bonds is 1. The summed E-state index contributed by atoms with van der Waals surface area (Å²) < 4.78 is 0. The van der Waals surface area contributed by atoms with E-state index in [9.17, 15) is 0 Å². The van der Waals surface area contributed by atoms with Gasteiger partial charge in [-0.15, -0.1) is 0 Å². The number of aryl methyl sites for hydroxylation is 1. The van der Waals surface area contributed by atoms with Crippen molar-refractivity contribution >= 4 is 0 Å². The predicted octanol–water partition coefficient (Wildman–Crippen LogP) is -0.929. The normalized spacial score (nSPS) is 8.50. The Kier molecular flexibility index (Phi) is 4.79. The molecule has 1 N–H and O–H groups in total. The molecule has 10 heavy (non-hydrogen) atoms. The second-order valence-electron chi connectivity index (χ2n) is 2.02. The maximum absolute atomic E-state index is 8.85. The average Bonchev–Trinajstić information content (AvgIpc) is 1.90. The van der Waals surface area contributed by atoms with E-state index in [1.54, 1.807) is 12.1 Å². The smallest absolute Gasteiger partial charge is 1.00 e. The van der Waals surface area contributed by atoms with Crippen LogP contribution in [0.4, 0.5) is 0 Å². The Balaban J connectivity index is 0. The molecule has 2 heteroatoms. The van der Waals surface area contributed by atoms with E-state index >= 15 is 0 Å². The van der Waals surface area contributed by atoms with Crippen LogP contribution in [0.5, 0.6) is 5.75 Å². The molecule has 0 heterocycles. The molecule has 0 saturated heterocycles. The molecule has 0 atom stereocenters. The molecule has 1 nitrogen and oxygen atoms in total. The van der Waals surface area contributed by atoms with E-state index in [0.29, 0.717) is 5.75 Å². The Hall–Kier alpha value is 0.0200. The quantitative estimate of drug-likeness (QED) is 0.508. The summed E-state index contributed by atoms with van der Waals surface area (Å²) >= 11 is 0. The standard InChI is InChI=1S/C8H10O.Na.H/c1-2-7-3-5-8(9)6-4-7;;/h3-6,9H,2H2,1H3;;/q;+1;-1. The number of benzene rings is 1. The fraction of sp³-hybridized carbons (Fsp3) is 0.250. The third-order valence-electron chi connectivity index (χ3n) is 1.34. The second kappa shape index (κ2) is 4.78. The van der Waals surface area contributed by atoms with E-state index in [1.165, 1.54) is 5.56 Å². The number of phenols is 1. The number of hydrogen-bond acceptors (Lipinski definition) is 1. The van der Waals surface area contributed by atoms with Gasteiger partial charge in [-0.25, -0.2) is 0 Å². The summed E-state index contributed by atoms with van der Waals surface area (Å²) in [4.78, 5) is 0. The summed E-state index contributed by atoms with van der Waals surface area (Å²) in [5.41, 5.74) is 1.26. The molecule has 1 rings (SSSR count). The van der Waals surface area contributed by atoms with Crippen molar-refractivity contribution in [3.63, 3.8) is 0 Å². The van der Waals surface area contributed by atoms with Crippen molar-refractivity contribution in [2.75, 3.05) is 0 Å². The molecule has 0 unspecified atom stereocenters. The summed E-state index contributed by atoms with van der Waals surface area (Å²) in [6, 6.07) is 7.27. The van der Waals surface area contributed by atoms with Gasteiger partial charge in [0.05, 0.1) is 0 Å². The molecule has 0 bridgehead atoms. The van der Waals surface area contributed by atoms with Crippen LogP contribution >= 0.6 is 0 Å². The minimum atomic E-state index is 0. The Morgan fingerprint density at radius 3 is 2.20 bits per heavy atom. The van der Waals surface area contributed by atoms with Gasteiger partial charge in [0.2, 0.25) is 0 Å². The van der Waals surface area contributed by atoms with Crippen LogP contribution < -0.4 is 29.6 Å². The van der Waals surface area contributed by atoms with Gasteiger partial charge in [0.1, 0.15) is 5.75 Å². The number of aromatic hydroxyl groups is 1. The van der Waals surface area contributed by atoms with Crippen LogP contribution in [-0.2, 0) is 6.42 Å². The van der Waals surface area contributed by atoms with Gasteiger partial charge in [0.25, 0.3) is 0 Å². The second-order valence-corrected chi connectivity index (χ2v) is 2.02. The van der Waals surface area contributed by atoms with Crippen LogP contribution in [0, 0.1) is 0 Å². The topological polar surface area (TPSA) is 20.2 Å².